The monoisotopic (exact) mass is 390 g/mol. The first-order chi connectivity index (χ1) is 14.2. The highest BCUT2D eigenvalue weighted by atomic mass is 16.5. The smallest absolute Gasteiger partial charge is 0.254 e. The van der Waals surface area contributed by atoms with Crippen molar-refractivity contribution in [3.05, 3.63) is 60.2 Å². The summed E-state index contributed by atoms with van der Waals surface area (Å²) in [6.45, 7) is 0. The molecule has 4 heterocycles. The van der Waals surface area contributed by atoms with E-state index in [-0.39, 0.29) is 23.9 Å². The van der Waals surface area contributed by atoms with Gasteiger partial charge in [-0.05, 0) is 56.0 Å². The lowest BCUT2D eigenvalue weighted by Gasteiger charge is -2.38. The minimum atomic E-state index is 0.0813. The van der Waals surface area contributed by atoms with Crippen LogP contribution < -0.4 is 4.74 Å². The number of benzene rings is 1. The van der Waals surface area contributed by atoms with Gasteiger partial charge in [0.1, 0.15) is 5.75 Å². The third-order valence-electron chi connectivity index (χ3n) is 6.01. The molecule has 3 atom stereocenters. The Morgan fingerprint density at radius 3 is 2.62 bits per heavy atom. The van der Waals surface area contributed by atoms with E-state index >= 15 is 0 Å². The molecule has 0 aliphatic carbocycles. The summed E-state index contributed by atoms with van der Waals surface area (Å²) in [7, 11) is 1.61. The maximum Gasteiger partial charge on any atom is 0.254 e. The zero-order valence-corrected chi connectivity index (χ0v) is 16.2. The van der Waals surface area contributed by atoms with Crippen LogP contribution in [0, 0.1) is 0 Å². The molecule has 7 heteroatoms. The Morgan fingerprint density at radius 1 is 1.14 bits per heavy atom. The average Bonchev–Trinajstić information content (AvgIpc) is 3.37. The first kappa shape index (κ1) is 17.8. The van der Waals surface area contributed by atoms with Gasteiger partial charge in [-0.2, -0.15) is 4.98 Å². The Kier molecular flexibility index (Phi) is 4.50. The number of hydrogen-bond acceptors (Lipinski definition) is 6. The molecule has 2 aliphatic heterocycles. The number of nitrogens with zero attached hydrogens (tertiary/aromatic N) is 4. The van der Waals surface area contributed by atoms with Gasteiger partial charge in [-0.25, -0.2) is 0 Å². The SMILES string of the molecule is COc1cccc(C(=O)N2[C@@H]3CC[C@H]2CC(c2nc(-c4ccncc4)no2)C3)c1. The Balaban J connectivity index is 1.34. The number of hydrogen-bond donors (Lipinski definition) is 0. The zero-order chi connectivity index (χ0) is 19.8. The minimum absolute atomic E-state index is 0.0813. The molecule has 5 rings (SSSR count). The molecular formula is C22H22N4O3. The minimum Gasteiger partial charge on any atom is -0.497 e. The van der Waals surface area contributed by atoms with Crippen LogP contribution in [-0.2, 0) is 0 Å². The molecule has 2 saturated heterocycles. The Morgan fingerprint density at radius 2 is 1.90 bits per heavy atom. The third-order valence-corrected chi connectivity index (χ3v) is 6.01. The number of ether oxygens (including phenoxy) is 1. The molecule has 1 aromatic carbocycles. The Bertz CT molecular complexity index is 1010. The van der Waals surface area contributed by atoms with Crippen LogP contribution in [0.2, 0.25) is 0 Å². The van der Waals surface area contributed by atoms with E-state index in [4.69, 9.17) is 9.26 Å². The summed E-state index contributed by atoms with van der Waals surface area (Å²) < 4.78 is 10.9. The molecule has 0 radical (unpaired) electrons. The number of carbonyl (C=O) groups excluding carboxylic acids is 1. The normalized spacial score (nSPS) is 23.2. The number of aromatic nitrogens is 3. The fraction of sp³-hybridized carbons (Fsp3) is 0.364. The van der Waals surface area contributed by atoms with Gasteiger partial charge in [-0.3, -0.25) is 9.78 Å². The molecule has 2 bridgehead atoms. The highest BCUT2D eigenvalue weighted by molar-refractivity contribution is 5.95. The molecular weight excluding hydrogens is 368 g/mol. The summed E-state index contributed by atoms with van der Waals surface area (Å²) in [5.74, 6) is 2.22. The van der Waals surface area contributed by atoms with E-state index in [1.165, 1.54) is 0 Å². The Labute approximate surface area is 168 Å². The summed E-state index contributed by atoms with van der Waals surface area (Å²) in [6, 6.07) is 11.5. The van der Waals surface area contributed by atoms with Crippen molar-refractivity contribution >= 4 is 5.91 Å². The summed E-state index contributed by atoms with van der Waals surface area (Å²) in [5, 5.41) is 4.14. The number of methoxy groups -OCH3 is 1. The van der Waals surface area contributed by atoms with Crippen molar-refractivity contribution < 1.29 is 14.1 Å². The van der Waals surface area contributed by atoms with Crippen LogP contribution in [0.1, 0.15) is 47.8 Å². The molecule has 2 fully saturated rings. The molecule has 3 aromatic rings. The van der Waals surface area contributed by atoms with Crippen molar-refractivity contribution in [2.45, 2.75) is 43.7 Å². The second-order valence-corrected chi connectivity index (χ2v) is 7.69. The molecule has 148 valence electrons. The van der Waals surface area contributed by atoms with E-state index in [2.05, 4.69) is 20.0 Å². The standard InChI is InChI=1S/C22H22N4O3/c1-28-19-4-2-3-15(13-19)22(27)26-17-5-6-18(26)12-16(11-17)21-24-20(25-29-21)14-7-9-23-10-8-14/h2-4,7-10,13,16-18H,5-6,11-12H2,1H3/t16?,17-,18+. The van der Waals surface area contributed by atoms with Crippen molar-refractivity contribution in [2.24, 2.45) is 0 Å². The fourth-order valence-corrected chi connectivity index (χ4v) is 4.63. The van der Waals surface area contributed by atoms with Crippen molar-refractivity contribution in [1.29, 1.82) is 0 Å². The maximum atomic E-state index is 13.2. The largest absolute Gasteiger partial charge is 0.497 e. The first-order valence-corrected chi connectivity index (χ1v) is 9.93. The number of rotatable bonds is 4. The van der Waals surface area contributed by atoms with Crippen molar-refractivity contribution in [3.63, 3.8) is 0 Å². The van der Waals surface area contributed by atoms with E-state index in [0.717, 1.165) is 31.2 Å². The van der Waals surface area contributed by atoms with Gasteiger partial charge in [0.05, 0.1) is 7.11 Å². The Hall–Kier alpha value is -3.22. The summed E-state index contributed by atoms with van der Waals surface area (Å²) in [6.07, 6.45) is 7.17. The number of fused-ring (bicyclic) bond motifs is 2. The van der Waals surface area contributed by atoms with Crippen molar-refractivity contribution in [2.75, 3.05) is 7.11 Å². The lowest BCUT2D eigenvalue weighted by atomic mass is 9.90. The van der Waals surface area contributed by atoms with Gasteiger partial charge in [0, 0.05) is 41.5 Å². The highest BCUT2D eigenvalue weighted by Gasteiger charge is 2.45. The maximum absolute atomic E-state index is 13.2. The van der Waals surface area contributed by atoms with Crippen LogP contribution in [0.3, 0.4) is 0 Å². The number of carbonyl (C=O) groups is 1. The van der Waals surface area contributed by atoms with Gasteiger partial charge in [-0.15, -0.1) is 0 Å². The van der Waals surface area contributed by atoms with Gasteiger partial charge in [-0.1, -0.05) is 11.2 Å². The van der Waals surface area contributed by atoms with Crippen LogP contribution in [0.25, 0.3) is 11.4 Å². The van der Waals surface area contributed by atoms with Crippen molar-refractivity contribution in [1.82, 2.24) is 20.0 Å². The van der Waals surface area contributed by atoms with Crippen LogP contribution in [0.5, 0.6) is 5.75 Å². The molecule has 1 amide bonds. The summed E-state index contributed by atoms with van der Waals surface area (Å²) in [4.78, 5) is 23.9. The molecule has 2 aromatic heterocycles. The van der Waals surface area contributed by atoms with Gasteiger partial charge in [0.2, 0.25) is 11.7 Å². The highest BCUT2D eigenvalue weighted by Crippen LogP contribution is 2.43. The number of piperidine rings is 1. The second-order valence-electron chi connectivity index (χ2n) is 7.69. The van der Waals surface area contributed by atoms with Gasteiger partial charge in [0.15, 0.2) is 0 Å². The summed E-state index contributed by atoms with van der Waals surface area (Å²) in [5.41, 5.74) is 1.57. The zero-order valence-electron chi connectivity index (χ0n) is 16.2. The lowest BCUT2D eigenvalue weighted by Crippen LogP contribution is -2.46. The average molecular weight is 390 g/mol. The second kappa shape index (κ2) is 7.31. The lowest BCUT2D eigenvalue weighted by molar-refractivity contribution is 0.0554. The summed E-state index contributed by atoms with van der Waals surface area (Å²) >= 11 is 0. The molecule has 7 nitrogen and oxygen atoms in total. The quantitative estimate of drug-likeness (QED) is 0.676. The van der Waals surface area contributed by atoms with Crippen LogP contribution in [0.15, 0.2) is 53.3 Å². The molecule has 2 aliphatic rings. The topological polar surface area (TPSA) is 81.4 Å². The van der Waals surface area contributed by atoms with Crippen LogP contribution in [-0.4, -0.2) is 45.1 Å². The van der Waals surface area contributed by atoms with Crippen molar-refractivity contribution in [3.8, 4) is 17.1 Å². The predicted molar refractivity (Wildman–Crippen MR) is 105 cm³/mol. The number of pyridine rings is 1. The predicted octanol–water partition coefficient (Wildman–Crippen LogP) is 3.69. The van der Waals surface area contributed by atoms with E-state index < -0.39 is 0 Å². The van der Waals surface area contributed by atoms with Crippen LogP contribution >= 0.6 is 0 Å². The molecule has 0 saturated carbocycles. The first-order valence-electron chi connectivity index (χ1n) is 9.93. The fourth-order valence-electron chi connectivity index (χ4n) is 4.63. The van der Waals surface area contributed by atoms with E-state index in [1.54, 1.807) is 19.5 Å². The number of amides is 1. The molecule has 0 N–H and O–H groups in total. The molecule has 0 spiro atoms. The third kappa shape index (κ3) is 3.26. The molecule has 1 unspecified atom stereocenters. The van der Waals surface area contributed by atoms with E-state index in [9.17, 15) is 4.79 Å². The van der Waals surface area contributed by atoms with E-state index in [0.29, 0.717) is 23.0 Å². The van der Waals surface area contributed by atoms with Gasteiger partial charge in [0.25, 0.3) is 5.91 Å². The molecule has 29 heavy (non-hydrogen) atoms. The van der Waals surface area contributed by atoms with E-state index in [1.807, 2.05) is 36.4 Å². The van der Waals surface area contributed by atoms with Crippen LogP contribution in [0.4, 0.5) is 0 Å². The van der Waals surface area contributed by atoms with Gasteiger partial charge < -0.3 is 14.2 Å². The van der Waals surface area contributed by atoms with Gasteiger partial charge >= 0.3 is 0 Å².